The lowest BCUT2D eigenvalue weighted by Crippen LogP contribution is -2.28. The Balaban J connectivity index is 1.97. The van der Waals surface area contributed by atoms with E-state index in [1.807, 2.05) is 51.3 Å². The summed E-state index contributed by atoms with van der Waals surface area (Å²) in [5.41, 5.74) is 2.03. The Morgan fingerprint density at radius 3 is 2.70 bits per heavy atom. The van der Waals surface area contributed by atoms with E-state index < -0.39 is 0 Å². The van der Waals surface area contributed by atoms with Crippen molar-refractivity contribution in [3.05, 3.63) is 51.4 Å². The molecule has 1 aromatic heterocycles. The molecule has 146 valence electrons. The van der Waals surface area contributed by atoms with Crippen LogP contribution in [0, 0.1) is 6.92 Å². The van der Waals surface area contributed by atoms with Crippen molar-refractivity contribution in [2.45, 2.75) is 57.8 Å². The normalized spacial score (nSPS) is 12.1. The maximum atomic E-state index is 12.3. The van der Waals surface area contributed by atoms with Crippen LogP contribution in [0.1, 0.15) is 50.1 Å². The van der Waals surface area contributed by atoms with Crippen LogP contribution in [0.15, 0.2) is 34.2 Å². The van der Waals surface area contributed by atoms with Gasteiger partial charge in [0.1, 0.15) is 5.75 Å². The number of carbonyl (C=O) groups excluding carboxylic acids is 1. The number of nitrogens with one attached hydrogen (secondary N) is 2. The summed E-state index contributed by atoms with van der Waals surface area (Å²) in [6, 6.07) is 7.56. The predicted molar refractivity (Wildman–Crippen MR) is 108 cm³/mol. The second-order valence-corrected chi connectivity index (χ2v) is 7.46. The molecule has 1 unspecified atom stereocenters. The van der Waals surface area contributed by atoms with E-state index in [0.29, 0.717) is 22.8 Å². The average molecular weight is 390 g/mol. The maximum absolute atomic E-state index is 12.3. The number of H-pyrrole nitrogens is 1. The van der Waals surface area contributed by atoms with Gasteiger partial charge in [-0.05, 0) is 58.1 Å². The number of amides is 1. The molecule has 2 N–H and O–H groups in total. The fourth-order valence-corrected chi connectivity index (χ4v) is 3.16. The minimum atomic E-state index is -0.175. The van der Waals surface area contributed by atoms with Gasteiger partial charge in [0.05, 0.1) is 12.1 Å². The van der Waals surface area contributed by atoms with Gasteiger partial charge in [-0.1, -0.05) is 23.9 Å². The molecule has 0 aliphatic carbocycles. The molecule has 1 heterocycles. The number of rotatable bonds is 8. The molecule has 0 saturated heterocycles. The Kier molecular flexibility index (Phi) is 7.47. The van der Waals surface area contributed by atoms with Gasteiger partial charge in [0.15, 0.2) is 5.16 Å². The summed E-state index contributed by atoms with van der Waals surface area (Å²) in [5.74, 6) is 0.677. The lowest BCUT2D eigenvalue weighted by atomic mass is 10.1. The maximum Gasteiger partial charge on any atom is 0.254 e. The number of thioether (sulfide) groups is 1. The number of ether oxygens (including phenoxy) is 1. The second-order valence-electron chi connectivity index (χ2n) is 6.67. The quantitative estimate of drug-likeness (QED) is 0.534. The van der Waals surface area contributed by atoms with E-state index >= 15 is 0 Å². The zero-order valence-electron chi connectivity index (χ0n) is 16.5. The van der Waals surface area contributed by atoms with Crippen molar-refractivity contribution < 1.29 is 9.53 Å². The summed E-state index contributed by atoms with van der Waals surface area (Å²) in [6.07, 6.45) is 2.54. The van der Waals surface area contributed by atoms with Gasteiger partial charge in [0.25, 0.3) is 5.56 Å². The Labute approximate surface area is 164 Å². The van der Waals surface area contributed by atoms with Crippen molar-refractivity contribution in [2.24, 2.45) is 0 Å². The van der Waals surface area contributed by atoms with Gasteiger partial charge in [0, 0.05) is 17.7 Å². The van der Waals surface area contributed by atoms with Gasteiger partial charge >= 0.3 is 0 Å². The lowest BCUT2D eigenvalue weighted by Gasteiger charge is -2.16. The number of hydrogen-bond acceptors (Lipinski definition) is 5. The van der Waals surface area contributed by atoms with Crippen molar-refractivity contribution in [2.75, 3.05) is 6.26 Å². The molecule has 0 fully saturated rings. The molecule has 1 amide bonds. The van der Waals surface area contributed by atoms with Gasteiger partial charge in [-0.15, -0.1) is 0 Å². The number of benzene rings is 1. The first-order valence-electron chi connectivity index (χ1n) is 9.00. The highest BCUT2D eigenvalue weighted by atomic mass is 32.2. The molecule has 0 saturated carbocycles. The summed E-state index contributed by atoms with van der Waals surface area (Å²) in [4.78, 5) is 31.5. The van der Waals surface area contributed by atoms with Crippen molar-refractivity contribution in [3.63, 3.8) is 0 Å². The molecule has 0 aliphatic rings. The van der Waals surface area contributed by atoms with Crippen LogP contribution >= 0.6 is 11.8 Å². The third-order valence-corrected chi connectivity index (χ3v) is 4.68. The monoisotopic (exact) mass is 389 g/mol. The molecule has 2 aromatic rings. The first-order chi connectivity index (χ1) is 12.8. The Hall–Kier alpha value is -2.28. The molecule has 2 rings (SSSR count). The zero-order chi connectivity index (χ0) is 20.0. The van der Waals surface area contributed by atoms with Gasteiger partial charge in [-0.3, -0.25) is 9.59 Å². The highest BCUT2D eigenvalue weighted by Gasteiger charge is 2.13. The van der Waals surface area contributed by atoms with Crippen LogP contribution in [0.4, 0.5) is 0 Å². The number of aryl methyl sites for hydroxylation is 1. The SMILES string of the molecule is CSc1nc(C)c(CCC(=O)NC(C)c2cccc(OC(C)C)c2)c(=O)[nH]1. The lowest BCUT2D eigenvalue weighted by molar-refractivity contribution is -0.121. The number of carbonyl (C=O) groups is 1. The average Bonchev–Trinajstić information content (AvgIpc) is 2.60. The molecule has 27 heavy (non-hydrogen) atoms. The fraction of sp³-hybridized carbons (Fsp3) is 0.450. The highest BCUT2D eigenvalue weighted by molar-refractivity contribution is 7.98. The number of aromatic amines is 1. The molecular weight excluding hydrogens is 362 g/mol. The minimum Gasteiger partial charge on any atom is -0.491 e. The first-order valence-corrected chi connectivity index (χ1v) is 10.2. The Morgan fingerprint density at radius 2 is 2.07 bits per heavy atom. The second kappa shape index (κ2) is 9.60. The molecule has 7 heteroatoms. The minimum absolute atomic E-state index is 0.0950. The highest BCUT2D eigenvalue weighted by Crippen LogP contribution is 2.20. The van der Waals surface area contributed by atoms with E-state index in [0.717, 1.165) is 11.3 Å². The number of hydrogen-bond donors (Lipinski definition) is 2. The van der Waals surface area contributed by atoms with Crippen molar-refractivity contribution >= 4 is 17.7 Å². The van der Waals surface area contributed by atoms with E-state index in [1.54, 1.807) is 6.92 Å². The molecule has 1 atom stereocenters. The molecule has 0 bridgehead atoms. The molecule has 1 aromatic carbocycles. The van der Waals surface area contributed by atoms with Gasteiger partial charge in [0.2, 0.25) is 5.91 Å². The van der Waals surface area contributed by atoms with Crippen molar-refractivity contribution in [1.82, 2.24) is 15.3 Å². The number of nitrogens with zero attached hydrogens (tertiary/aromatic N) is 1. The van der Waals surface area contributed by atoms with Gasteiger partial charge in [-0.2, -0.15) is 0 Å². The third-order valence-electron chi connectivity index (χ3n) is 4.10. The summed E-state index contributed by atoms with van der Waals surface area (Å²) >= 11 is 1.38. The number of aromatic nitrogens is 2. The van der Waals surface area contributed by atoms with Crippen molar-refractivity contribution in [3.8, 4) is 5.75 Å². The molecular formula is C20H27N3O3S. The fourth-order valence-electron chi connectivity index (χ4n) is 2.74. The van der Waals surface area contributed by atoms with Gasteiger partial charge < -0.3 is 15.0 Å². The smallest absolute Gasteiger partial charge is 0.254 e. The van der Waals surface area contributed by atoms with E-state index in [2.05, 4.69) is 15.3 Å². The van der Waals surface area contributed by atoms with Crippen LogP contribution in [-0.4, -0.2) is 28.2 Å². The third kappa shape index (κ3) is 6.13. The van der Waals surface area contributed by atoms with Crippen LogP contribution in [0.3, 0.4) is 0 Å². The summed E-state index contributed by atoms with van der Waals surface area (Å²) in [5, 5.41) is 3.56. The van der Waals surface area contributed by atoms with Gasteiger partial charge in [-0.25, -0.2) is 4.98 Å². The summed E-state index contributed by atoms with van der Waals surface area (Å²) < 4.78 is 5.70. The van der Waals surface area contributed by atoms with E-state index in [-0.39, 0.29) is 30.0 Å². The molecule has 6 nitrogen and oxygen atoms in total. The van der Waals surface area contributed by atoms with E-state index in [1.165, 1.54) is 11.8 Å². The molecule has 0 radical (unpaired) electrons. The largest absolute Gasteiger partial charge is 0.491 e. The molecule has 0 aliphatic heterocycles. The summed E-state index contributed by atoms with van der Waals surface area (Å²) in [6.45, 7) is 7.68. The van der Waals surface area contributed by atoms with Crippen molar-refractivity contribution in [1.29, 1.82) is 0 Å². The van der Waals surface area contributed by atoms with E-state index in [9.17, 15) is 9.59 Å². The first kappa shape index (κ1) is 21.0. The zero-order valence-corrected chi connectivity index (χ0v) is 17.3. The van der Waals surface area contributed by atoms with Crippen LogP contribution in [0.25, 0.3) is 0 Å². The van der Waals surface area contributed by atoms with Crippen LogP contribution in [0.5, 0.6) is 5.75 Å². The standard InChI is InChI=1S/C20H27N3O3S/c1-12(2)26-16-8-6-7-15(11-16)13(3)21-18(24)10-9-17-14(4)22-20(27-5)23-19(17)25/h6-8,11-13H,9-10H2,1-5H3,(H,21,24)(H,22,23,25). The summed E-state index contributed by atoms with van der Waals surface area (Å²) in [7, 11) is 0. The van der Waals surface area contributed by atoms with Crippen LogP contribution < -0.4 is 15.6 Å². The Morgan fingerprint density at radius 1 is 1.33 bits per heavy atom. The molecule has 0 spiro atoms. The van der Waals surface area contributed by atoms with Crippen LogP contribution in [0.2, 0.25) is 0 Å². The Bertz CT molecular complexity index is 849. The predicted octanol–water partition coefficient (Wildman–Crippen LogP) is 3.40. The topological polar surface area (TPSA) is 84.1 Å². The van der Waals surface area contributed by atoms with Crippen LogP contribution in [-0.2, 0) is 11.2 Å². The van der Waals surface area contributed by atoms with E-state index in [4.69, 9.17) is 4.74 Å².